The monoisotopic (exact) mass is 488 g/mol. The molecule has 9 nitrogen and oxygen atoms in total. The number of rotatable bonds is 4. The van der Waals surface area contributed by atoms with Gasteiger partial charge in [-0.2, -0.15) is 4.98 Å². The molecule has 0 radical (unpaired) electrons. The number of aromatic nitrogens is 4. The van der Waals surface area contributed by atoms with Crippen LogP contribution in [-0.2, 0) is 25.4 Å². The van der Waals surface area contributed by atoms with Crippen LogP contribution in [0.1, 0.15) is 18.9 Å². The molecule has 3 aromatic rings. The predicted octanol–water partition coefficient (Wildman–Crippen LogP) is 1.30. The molecule has 0 atom stereocenters. The molecule has 0 unspecified atom stereocenters. The van der Waals surface area contributed by atoms with Crippen molar-refractivity contribution in [2.45, 2.75) is 19.9 Å². The molecule has 3 heterocycles. The summed E-state index contributed by atoms with van der Waals surface area (Å²) in [5, 5.41) is 0. The number of aryl methyl sites for hydroxylation is 1. The van der Waals surface area contributed by atoms with Crippen LogP contribution in [0.2, 0.25) is 0 Å². The molecule has 0 spiro atoms. The van der Waals surface area contributed by atoms with Gasteiger partial charge in [0.15, 0.2) is 11.2 Å². The summed E-state index contributed by atoms with van der Waals surface area (Å²) in [5.41, 5.74) is 1.01. The van der Waals surface area contributed by atoms with E-state index < -0.39 is 5.69 Å². The molecule has 1 aromatic carbocycles. The molecule has 0 bridgehead atoms. The maximum atomic E-state index is 13.1. The van der Waals surface area contributed by atoms with E-state index in [1.807, 2.05) is 40.7 Å². The van der Waals surface area contributed by atoms with Gasteiger partial charge in [0, 0.05) is 51.2 Å². The number of piperazine rings is 1. The molecule has 1 saturated heterocycles. The highest BCUT2D eigenvalue weighted by atomic mass is 79.9. The first kappa shape index (κ1) is 21.4. The molecule has 1 aliphatic rings. The summed E-state index contributed by atoms with van der Waals surface area (Å²) in [6, 6.07) is 7.89. The lowest BCUT2D eigenvalue weighted by Gasteiger charge is -2.35. The van der Waals surface area contributed by atoms with Crippen molar-refractivity contribution in [3.05, 3.63) is 55.1 Å². The molecular weight excluding hydrogens is 464 g/mol. The van der Waals surface area contributed by atoms with E-state index in [4.69, 9.17) is 4.98 Å². The summed E-state index contributed by atoms with van der Waals surface area (Å²) >= 11 is 3.45. The molecule has 1 fully saturated rings. The number of amides is 1. The number of carbonyl (C=O) groups is 1. The largest absolute Gasteiger partial charge is 0.339 e. The number of hydrogen-bond acceptors (Lipinski definition) is 5. The number of carbonyl (C=O) groups excluding carboxylic acids is 1. The van der Waals surface area contributed by atoms with Crippen LogP contribution < -0.4 is 16.1 Å². The number of fused-ring (bicyclic) bond motifs is 1. The van der Waals surface area contributed by atoms with Gasteiger partial charge in [0.25, 0.3) is 5.56 Å². The second-order valence-electron chi connectivity index (χ2n) is 7.72. The lowest BCUT2D eigenvalue weighted by Crippen LogP contribution is -2.49. The Morgan fingerprint density at radius 1 is 1.03 bits per heavy atom. The van der Waals surface area contributed by atoms with Gasteiger partial charge in [-0.3, -0.25) is 23.3 Å². The van der Waals surface area contributed by atoms with E-state index in [-0.39, 0.29) is 11.5 Å². The van der Waals surface area contributed by atoms with Gasteiger partial charge in [-0.15, -0.1) is 0 Å². The smallest absolute Gasteiger partial charge is 0.332 e. The number of anilines is 1. The van der Waals surface area contributed by atoms with Crippen molar-refractivity contribution in [2.24, 2.45) is 14.1 Å². The average molecular weight is 489 g/mol. The van der Waals surface area contributed by atoms with Crippen molar-refractivity contribution < 1.29 is 4.79 Å². The summed E-state index contributed by atoms with van der Waals surface area (Å²) in [6.07, 6.45) is 0.486. The fraction of sp³-hybridized carbons (Fsp3) is 0.429. The third-order valence-electron chi connectivity index (χ3n) is 5.80. The molecule has 31 heavy (non-hydrogen) atoms. The zero-order valence-corrected chi connectivity index (χ0v) is 19.4. The van der Waals surface area contributed by atoms with Crippen LogP contribution in [0.25, 0.3) is 11.2 Å². The first-order chi connectivity index (χ1) is 14.8. The standard InChI is InChI=1S/C21H25BrN6O3/c1-4-16(29)26-9-11-27(12-10-26)20-23-18-17(19(30)25(3)21(31)24(18)2)28(20)13-14-5-7-15(22)8-6-14/h5-8H,4,9-13H2,1-3H3. The van der Waals surface area contributed by atoms with Gasteiger partial charge in [0.1, 0.15) is 0 Å². The summed E-state index contributed by atoms with van der Waals surface area (Å²) in [5.74, 6) is 0.777. The molecular formula is C21H25BrN6O3. The fourth-order valence-electron chi connectivity index (χ4n) is 3.98. The van der Waals surface area contributed by atoms with Crippen molar-refractivity contribution in [2.75, 3.05) is 31.1 Å². The van der Waals surface area contributed by atoms with E-state index in [0.29, 0.717) is 56.3 Å². The van der Waals surface area contributed by atoms with Crippen LogP contribution >= 0.6 is 15.9 Å². The zero-order chi connectivity index (χ0) is 22.3. The molecule has 0 aliphatic carbocycles. The fourth-order valence-corrected chi connectivity index (χ4v) is 4.24. The Balaban J connectivity index is 1.82. The minimum Gasteiger partial charge on any atom is -0.339 e. The van der Waals surface area contributed by atoms with Gasteiger partial charge in [0.2, 0.25) is 11.9 Å². The Hall–Kier alpha value is -2.88. The Morgan fingerprint density at radius 2 is 1.68 bits per heavy atom. The van der Waals surface area contributed by atoms with E-state index in [1.165, 1.54) is 11.6 Å². The predicted molar refractivity (Wildman–Crippen MR) is 123 cm³/mol. The van der Waals surface area contributed by atoms with Gasteiger partial charge >= 0.3 is 5.69 Å². The Labute approximate surface area is 187 Å². The van der Waals surface area contributed by atoms with E-state index >= 15 is 0 Å². The quantitative estimate of drug-likeness (QED) is 0.552. The zero-order valence-electron chi connectivity index (χ0n) is 17.8. The second-order valence-corrected chi connectivity index (χ2v) is 8.64. The highest BCUT2D eigenvalue weighted by molar-refractivity contribution is 9.10. The minimum absolute atomic E-state index is 0.138. The molecule has 164 valence electrons. The van der Waals surface area contributed by atoms with Crippen molar-refractivity contribution in [1.29, 1.82) is 0 Å². The van der Waals surface area contributed by atoms with Crippen LogP contribution in [0.3, 0.4) is 0 Å². The summed E-state index contributed by atoms with van der Waals surface area (Å²) < 4.78 is 5.39. The van der Waals surface area contributed by atoms with Gasteiger partial charge in [-0.25, -0.2) is 4.79 Å². The summed E-state index contributed by atoms with van der Waals surface area (Å²) in [6.45, 7) is 4.74. The van der Waals surface area contributed by atoms with Gasteiger partial charge in [-0.05, 0) is 17.7 Å². The van der Waals surface area contributed by atoms with Gasteiger partial charge < -0.3 is 9.80 Å². The number of benzene rings is 1. The van der Waals surface area contributed by atoms with Crippen molar-refractivity contribution in [3.8, 4) is 0 Å². The number of imidazole rings is 1. The maximum Gasteiger partial charge on any atom is 0.332 e. The van der Waals surface area contributed by atoms with E-state index in [1.54, 1.807) is 7.05 Å². The third-order valence-corrected chi connectivity index (χ3v) is 6.33. The third kappa shape index (κ3) is 3.80. The van der Waals surface area contributed by atoms with Crippen LogP contribution in [-0.4, -0.2) is 55.7 Å². The summed E-state index contributed by atoms with van der Waals surface area (Å²) in [7, 11) is 3.11. The molecule has 4 rings (SSSR count). The van der Waals surface area contributed by atoms with E-state index in [2.05, 4.69) is 20.8 Å². The Kier molecular flexibility index (Phi) is 5.74. The topological polar surface area (TPSA) is 85.4 Å². The van der Waals surface area contributed by atoms with E-state index in [9.17, 15) is 14.4 Å². The van der Waals surface area contributed by atoms with Crippen LogP contribution in [0, 0.1) is 0 Å². The average Bonchev–Trinajstić information content (AvgIpc) is 3.16. The number of hydrogen-bond donors (Lipinski definition) is 0. The Bertz CT molecular complexity index is 1250. The Morgan fingerprint density at radius 3 is 2.29 bits per heavy atom. The lowest BCUT2D eigenvalue weighted by molar-refractivity contribution is -0.131. The maximum absolute atomic E-state index is 13.1. The normalized spacial score (nSPS) is 14.5. The van der Waals surface area contributed by atoms with Crippen LogP contribution in [0.5, 0.6) is 0 Å². The number of nitrogens with zero attached hydrogens (tertiary/aromatic N) is 6. The van der Waals surface area contributed by atoms with Gasteiger partial charge in [-0.1, -0.05) is 35.0 Å². The SMILES string of the molecule is CCC(=O)N1CCN(c2nc3c(c(=O)n(C)c(=O)n3C)n2Cc2ccc(Br)cc2)CC1. The molecule has 2 aromatic heterocycles. The molecule has 10 heteroatoms. The molecule has 1 aliphatic heterocycles. The van der Waals surface area contributed by atoms with Crippen molar-refractivity contribution >= 4 is 38.9 Å². The summed E-state index contributed by atoms with van der Waals surface area (Å²) in [4.78, 5) is 46.2. The molecule has 0 N–H and O–H groups in total. The highest BCUT2D eigenvalue weighted by Gasteiger charge is 2.26. The van der Waals surface area contributed by atoms with Gasteiger partial charge in [0.05, 0.1) is 6.54 Å². The first-order valence-corrected chi connectivity index (χ1v) is 11.0. The highest BCUT2D eigenvalue weighted by Crippen LogP contribution is 2.23. The molecule has 1 amide bonds. The minimum atomic E-state index is -0.407. The van der Waals surface area contributed by atoms with Crippen molar-refractivity contribution in [3.63, 3.8) is 0 Å². The van der Waals surface area contributed by atoms with Crippen LogP contribution in [0.15, 0.2) is 38.3 Å². The first-order valence-electron chi connectivity index (χ1n) is 10.2. The lowest BCUT2D eigenvalue weighted by atomic mass is 10.2. The number of halogens is 1. The molecule has 0 saturated carbocycles. The van der Waals surface area contributed by atoms with Crippen molar-refractivity contribution in [1.82, 2.24) is 23.6 Å². The second kappa shape index (κ2) is 8.33. The van der Waals surface area contributed by atoms with E-state index in [0.717, 1.165) is 14.6 Å². The van der Waals surface area contributed by atoms with Crippen LogP contribution in [0.4, 0.5) is 5.95 Å².